The third-order valence-corrected chi connectivity index (χ3v) is 7.38. The molecule has 8 nitrogen and oxygen atoms in total. The van der Waals surface area contributed by atoms with Gasteiger partial charge in [-0.2, -0.15) is 0 Å². The van der Waals surface area contributed by atoms with Gasteiger partial charge >= 0.3 is 0 Å². The maximum absolute atomic E-state index is 13.0. The number of rotatable bonds is 6. The number of piperidine rings is 1. The van der Waals surface area contributed by atoms with Crippen molar-refractivity contribution in [2.45, 2.75) is 33.3 Å². The van der Waals surface area contributed by atoms with Crippen molar-refractivity contribution in [1.82, 2.24) is 19.9 Å². The molecule has 174 valence electrons. The van der Waals surface area contributed by atoms with Gasteiger partial charge in [-0.3, -0.25) is 9.78 Å². The molecule has 34 heavy (non-hydrogen) atoms. The lowest BCUT2D eigenvalue weighted by atomic mass is 9.95. The molecule has 0 aliphatic carbocycles. The smallest absolute Gasteiger partial charge is 0.228 e. The molecular formula is C25H26N6O2S. The van der Waals surface area contributed by atoms with Crippen LogP contribution in [-0.2, 0) is 11.4 Å². The molecule has 0 unspecified atom stereocenters. The summed E-state index contributed by atoms with van der Waals surface area (Å²) in [7, 11) is 0. The molecule has 1 amide bonds. The van der Waals surface area contributed by atoms with Crippen molar-refractivity contribution in [3.8, 4) is 5.75 Å². The Kier molecular flexibility index (Phi) is 6.35. The van der Waals surface area contributed by atoms with E-state index in [2.05, 4.69) is 44.0 Å². The summed E-state index contributed by atoms with van der Waals surface area (Å²) in [6.45, 7) is 6.17. The number of aryl methyl sites for hydroxylation is 2. The minimum absolute atomic E-state index is 0.0255. The molecule has 1 aliphatic heterocycles. The molecule has 4 aromatic rings. The number of hydrogen-bond donors (Lipinski definition) is 1. The van der Waals surface area contributed by atoms with Crippen LogP contribution in [0.3, 0.4) is 0 Å². The second-order valence-electron chi connectivity index (χ2n) is 8.41. The van der Waals surface area contributed by atoms with Crippen LogP contribution in [0.4, 0.5) is 11.6 Å². The quantitative estimate of drug-likeness (QED) is 0.439. The average molecular weight is 475 g/mol. The number of ether oxygens (including phenoxy) is 1. The topological polar surface area (TPSA) is 93.1 Å². The first kappa shape index (κ1) is 22.2. The van der Waals surface area contributed by atoms with Crippen LogP contribution < -0.4 is 15.0 Å². The summed E-state index contributed by atoms with van der Waals surface area (Å²) >= 11 is 1.70. The number of hydrogen-bond acceptors (Lipinski definition) is 8. The Hall–Kier alpha value is -3.59. The Morgan fingerprint density at radius 1 is 1.12 bits per heavy atom. The van der Waals surface area contributed by atoms with Crippen LogP contribution in [0.2, 0.25) is 0 Å². The number of carbonyl (C=O) groups excluding carboxylic acids is 1. The number of nitrogens with zero attached hydrogens (tertiary/aromatic N) is 5. The minimum atomic E-state index is -0.0889. The van der Waals surface area contributed by atoms with Gasteiger partial charge in [0, 0.05) is 42.5 Å². The Morgan fingerprint density at radius 2 is 1.91 bits per heavy atom. The second-order valence-corrected chi connectivity index (χ2v) is 9.61. The number of fused-ring (bicyclic) bond motifs is 1. The number of nitrogens with one attached hydrogen (secondary N) is 1. The van der Waals surface area contributed by atoms with E-state index < -0.39 is 0 Å². The third-order valence-electron chi connectivity index (χ3n) is 6.27. The summed E-state index contributed by atoms with van der Waals surface area (Å²) in [6, 6.07) is 7.41. The molecule has 0 spiro atoms. The van der Waals surface area contributed by atoms with E-state index in [1.54, 1.807) is 42.3 Å². The molecule has 0 atom stereocenters. The number of thiophene rings is 1. The lowest BCUT2D eigenvalue weighted by Gasteiger charge is -2.32. The predicted octanol–water partition coefficient (Wildman–Crippen LogP) is 4.53. The van der Waals surface area contributed by atoms with Crippen LogP contribution >= 0.6 is 11.3 Å². The molecular weight excluding hydrogens is 448 g/mol. The van der Waals surface area contributed by atoms with E-state index in [1.165, 1.54) is 10.4 Å². The summed E-state index contributed by atoms with van der Waals surface area (Å²) in [5, 5.41) is 4.12. The van der Waals surface area contributed by atoms with Gasteiger partial charge in [-0.25, -0.2) is 15.0 Å². The van der Waals surface area contributed by atoms with Crippen molar-refractivity contribution >= 4 is 39.1 Å². The van der Waals surface area contributed by atoms with Crippen molar-refractivity contribution in [2.24, 2.45) is 5.92 Å². The molecule has 5 rings (SSSR count). The molecule has 1 aliphatic rings. The molecule has 9 heteroatoms. The van der Waals surface area contributed by atoms with Gasteiger partial charge in [-0.15, -0.1) is 11.3 Å². The van der Waals surface area contributed by atoms with Gasteiger partial charge in [0.05, 0.1) is 5.39 Å². The SMILES string of the molecule is Cc1sc2ncnc(N3CCC(C(=O)Nc4ncccc4OCc4ccncc4)CC3)c2c1C. The molecule has 0 saturated carbocycles. The molecule has 0 radical (unpaired) electrons. The molecule has 1 N–H and O–H groups in total. The largest absolute Gasteiger partial charge is 0.485 e. The first-order valence-corrected chi connectivity index (χ1v) is 12.1. The van der Waals surface area contributed by atoms with E-state index in [1.807, 2.05) is 18.2 Å². The summed E-state index contributed by atoms with van der Waals surface area (Å²) in [4.78, 5) is 35.0. The number of pyridine rings is 2. The van der Waals surface area contributed by atoms with Gasteiger partial charge in [0.15, 0.2) is 11.6 Å². The molecule has 1 fully saturated rings. The maximum Gasteiger partial charge on any atom is 0.228 e. The molecule has 5 heterocycles. The van der Waals surface area contributed by atoms with E-state index in [9.17, 15) is 4.79 Å². The van der Waals surface area contributed by atoms with E-state index in [4.69, 9.17) is 4.74 Å². The van der Waals surface area contributed by atoms with Crippen LogP contribution in [0, 0.1) is 19.8 Å². The van der Waals surface area contributed by atoms with E-state index in [0.717, 1.165) is 47.5 Å². The summed E-state index contributed by atoms with van der Waals surface area (Å²) in [6.07, 6.45) is 8.25. The number of carbonyl (C=O) groups is 1. The minimum Gasteiger partial charge on any atom is -0.485 e. The van der Waals surface area contributed by atoms with Crippen LogP contribution in [0.1, 0.15) is 28.8 Å². The number of amides is 1. The first-order valence-electron chi connectivity index (χ1n) is 11.3. The molecule has 0 aromatic carbocycles. The van der Waals surface area contributed by atoms with Crippen molar-refractivity contribution < 1.29 is 9.53 Å². The third kappa shape index (κ3) is 4.56. The Bertz CT molecular complexity index is 1300. The lowest BCUT2D eigenvalue weighted by Crippen LogP contribution is -2.38. The van der Waals surface area contributed by atoms with Crippen LogP contribution in [0.25, 0.3) is 10.2 Å². The first-order chi connectivity index (χ1) is 16.6. The van der Waals surface area contributed by atoms with Crippen LogP contribution in [0.15, 0.2) is 49.2 Å². The van der Waals surface area contributed by atoms with E-state index in [-0.39, 0.29) is 11.8 Å². The van der Waals surface area contributed by atoms with Crippen molar-refractivity contribution in [2.75, 3.05) is 23.3 Å². The van der Waals surface area contributed by atoms with E-state index in [0.29, 0.717) is 18.2 Å². The molecule has 1 saturated heterocycles. The predicted molar refractivity (Wildman–Crippen MR) is 133 cm³/mol. The highest BCUT2D eigenvalue weighted by molar-refractivity contribution is 7.18. The zero-order valence-electron chi connectivity index (χ0n) is 19.2. The van der Waals surface area contributed by atoms with Crippen LogP contribution in [0.5, 0.6) is 5.75 Å². The molecule has 4 aromatic heterocycles. The van der Waals surface area contributed by atoms with Crippen molar-refractivity contribution in [3.05, 3.63) is 65.2 Å². The highest BCUT2D eigenvalue weighted by Crippen LogP contribution is 2.35. The van der Waals surface area contributed by atoms with Crippen molar-refractivity contribution in [3.63, 3.8) is 0 Å². The van der Waals surface area contributed by atoms with Crippen molar-refractivity contribution in [1.29, 1.82) is 0 Å². The number of aromatic nitrogens is 4. The average Bonchev–Trinajstić information content (AvgIpc) is 3.17. The fourth-order valence-corrected chi connectivity index (χ4v) is 5.21. The zero-order valence-corrected chi connectivity index (χ0v) is 20.0. The standard InChI is InChI=1S/C25H26N6O2S/c1-16-17(2)34-25-21(16)23(28-15-29-25)31-12-7-19(8-13-31)24(32)30-22-20(4-3-9-27-22)33-14-18-5-10-26-11-6-18/h3-6,9-11,15,19H,7-8,12-14H2,1-2H3,(H,27,30,32). The van der Waals surface area contributed by atoms with Gasteiger partial charge in [0.25, 0.3) is 0 Å². The summed E-state index contributed by atoms with van der Waals surface area (Å²) < 4.78 is 5.91. The summed E-state index contributed by atoms with van der Waals surface area (Å²) in [5.74, 6) is 1.86. The normalized spacial score (nSPS) is 14.4. The van der Waals surface area contributed by atoms with Crippen LogP contribution in [-0.4, -0.2) is 38.9 Å². The number of anilines is 2. The maximum atomic E-state index is 13.0. The Balaban J connectivity index is 1.23. The fourth-order valence-electron chi connectivity index (χ4n) is 4.22. The summed E-state index contributed by atoms with van der Waals surface area (Å²) in [5.41, 5.74) is 2.24. The van der Waals surface area contributed by atoms with Gasteiger partial charge in [-0.05, 0) is 62.1 Å². The zero-order chi connectivity index (χ0) is 23.5. The highest BCUT2D eigenvalue weighted by Gasteiger charge is 2.28. The Labute approximate surface area is 202 Å². The second kappa shape index (κ2) is 9.72. The lowest BCUT2D eigenvalue weighted by molar-refractivity contribution is -0.120. The van der Waals surface area contributed by atoms with Gasteiger partial charge in [0.1, 0.15) is 23.6 Å². The Morgan fingerprint density at radius 3 is 2.71 bits per heavy atom. The highest BCUT2D eigenvalue weighted by atomic mass is 32.1. The van der Waals surface area contributed by atoms with E-state index >= 15 is 0 Å². The fraction of sp³-hybridized carbons (Fsp3) is 0.320. The van der Waals surface area contributed by atoms with Gasteiger partial charge in [0.2, 0.25) is 5.91 Å². The monoisotopic (exact) mass is 474 g/mol. The molecule has 0 bridgehead atoms. The van der Waals surface area contributed by atoms with Gasteiger partial charge < -0.3 is 15.0 Å². The van der Waals surface area contributed by atoms with Gasteiger partial charge in [-0.1, -0.05) is 0 Å².